The zero-order valence-electron chi connectivity index (χ0n) is 15.5. The van der Waals surface area contributed by atoms with E-state index in [1.807, 2.05) is 0 Å². The number of alkyl halides is 3. The van der Waals surface area contributed by atoms with E-state index in [1.165, 1.54) is 6.07 Å². The second-order valence-corrected chi connectivity index (χ2v) is 7.32. The van der Waals surface area contributed by atoms with Crippen molar-refractivity contribution in [3.63, 3.8) is 0 Å². The standard InChI is InChI=1S/C20H16ClF3N4O2/c21-15-5-3-12(9-14(15)20(22,23)24)26-18(29)10-25-11-4-6-16-13(8-11)19(30)28-7-1-2-17(28)27-16/h3-6,8-9,25H,1-2,7,10H2,(H,26,29). The minimum atomic E-state index is -4.62. The molecule has 0 fully saturated rings. The SMILES string of the molecule is O=C(CNc1ccc2nc3n(c(=O)c2c1)CCC3)Nc1ccc(Cl)c(C(F)(F)F)c1. The number of carbonyl (C=O) groups excluding carboxylic acids is 1. The van der Waals surface area contributed by atoms with E-state index in [0.717, 1.165) is 30.8 Å². The van der Waals surface area contributed by atoms with Crippen molar-refractivity contribution >= 4 is 39.8 Å². The van der Waals surface area contributed by atoms with Crippen molar-refractivity contribution in [2.24, 2.45) is 0 Å². The van der Waals surface area contributed by atoms with Crippen molar-refractivity contribution in [1.82, 2.24) is 9.55 Å². The average molecular weight is 437 g/mol. The van der Waals surface area contributed by atoms with Gasteiger partial charge in [0.15, 0.2) is 0 Å². The summed E-state index contributed by atoms with van der Waals surface area (Å²) in [4.78, 5) is 29.3. The van der Waals surface area contributed by atoms with E-state index in [4.69, 9.17) is 11.6 Å². The molecule has 1 aromatic heterocycles. The average Bonchev–Trinajstić information content (AvgIpc) is 3.16. The number of aryl methyl sites for hydroxylation is 1. The molecule has 2 aromatic carbocycles. The maximum atomic E-state index is 12.9. The number of amides is 1. The molecule has 1 amide bonds. The summed E-state index contributed by atoms with van der Waals surface area (Å²) in [7, 11) is 0. The molecule has 0 radical (unpaired) electrons. The first kappa shape index (κ1) is 20.2. The Morgan fingerprint density at radius 2 is 1.93 bits per heavy atom. The zero-order chi connectivity index (χ0) is 21.5. The Morgan fingerprint density at radius 3 is 2.70 bits per heavy atom. The van der Waals surface area contributed by atoms with E-state index in [0.29, 0.717) is 23.1 Å². The van der Waals surface area contributed by atoms with Gasteiger partial charge in [0.1, 0.15) is 5.82 Å². The van der Waals surface area contributed by atoms with Gasteiger partial charge < -0.3 is 10.6 Å². The predicted octanol–water partition coefficient (Wildman–Crippen LogP) is 4.07. The van der Waals surface area contributed by atoms with Gasteiger partial charge in [0.05, 0.1) is 28.0 Å². The molecule has 4 rings (SSSR count). The van der Waals surface area contributed by atoms with Crippen LogP contribution in [-0.2, 0) is 23.9 Å². The smallest absolute Gasteiger partial charge is 0.376 e. The van der Waals surface area contributed by atoms with Crippen LogP contribution in [0.3, 0.4) is 0 Å². The summed E-state index contributed by atoms with van der Waals surface area (Å²) in [5.41, 5.74) is -0.0485. The van der Waals surface area contributed by atoms with Gasteiger partial charge in [-0.2, -0.15) is 13.2 Å². The van der Waals surface area contributed by atoms with Gasteiger partial charge in [-0.15, -0.1) is 0 Å². The number of halogens is 4. The summed E-state index contributed by atoms with van der Waals surface area (Å²) < 4.78 is 40.5. The Kier molecular flexibility index (Phi) is 5.15. The lowest BCUT2D eigenvalue weighted by Gasteiger charge is -2.12. The van der Waals surface area contributed by atoms with Crippen LogP contribution in [0.2, 0.25) is 5.02 Å². The predicted molar refractivity (Wildman–Crippen MR) is 108 cm³/mol. The fourth-order valence-corrected chi connectivity index (χ4v) is 3.63. The molecule has 0 saturated heterocycles. The van der Waals surface area contributed by atoms with Crippen molar-refractivity contribution in [3.05, 3.63) is 63.2 Å². The molecule has 0 aliphatic carbocycles. The number of hydrogen-bond acceptors (Lipinski definition) is 4. The van der Waals surface area contributed by atoms with Gasteiger partial charge in [-0.3, -0.25) is 14.2 Å². The maximum Gasteiger partial charge on any atom is 0.417 e. The Bertz CT molecular complexity index is 1210. The molecule has 1 aliphatic heterocycles. The fourth-order valence-electron chi connectivity index (χ4n) is 3.40. The van der Waals surface area contributed by atoms with Gasteiger partial charge >= 0.3 is 6.18 Å². The summed E-state index contributed by atoms with van der Waals surface area (Å²) in [6.45, 7) is 0.438. The fraction of sp³-hybridized carbons (Fsp3) is 0.250. The quantitative estimate of drug-likeness (QED) is 0.646. The molecular formula is C20H16ClF3N4O2. The molecule has 3 aromatic rings. The number of nitrogens with zero attached hydrogens (tertiary/aromatic N) is 2. The number of hydrogen-bond donors (Lipinski definition) is 2. The lowest BCUT2D eigenvalue weighted by molar-refractivity contribution is -0.137. The number of anilines is 2. The topological polar surface area (TPSA) is 76.0 Å². The molecule has 10 heteroatoms. The maximum absolute atomic E-state index is 12.9. The highest BCUT2D eigenvalue weighted by molar-refractivity contribution is 6.31. The lowest BCUT2D eigenvalue weighted by Crippen LogP contribution is -2.23. The first-order valence-corrected chi connectivity index (χ1v) is 9.54. The molecular weight excluding hydrogens is 421 g/mol. The van der Waals surface area contributed by atoms with Gasteiger partial charge in [0.2, 0.25) is 5.91 Å². The van der Waals surface area contributed by atoms with Crippen LogP contribution in [0.1, 0.15) is 17.8 Å². The summed E-state index contributed by atoms with van der Waals surface area (Å²) >= 11 is 5.58. The first-order chi connectivity index (χ1) is 14.2. The van der Waals surface area contributed by atoms with Crippen LogP contribution in [0.25, 0.3) is 10.9 Å². The highest BCUT2D eigenvalue weighted by Crippen LogP contribution is 2.36. The summed E-state index contributed by atoms with van der Waals surface area (Å²) in [5, 5.41) is 5.27. The molecule has 1 aliphatic rings. The van der Waals surface area contributed by atoms with Crippen molar-refractivity contribution in [2.75, 3.05) is 17.2 Å². The minimum absolute atomic E-state index is 0.0185. The highest BCUT2D eigenvalue weighted by atomic mass is 35.5. The number of rotatable bonds is 4. The van der Waals surface area contributed by atoms with Gasteiger partial charge in [-0.05, 0) is 42.8 Å². The van der Waals surface area contributed by atoms with Crippen LogP contribution < -0.4 is 16.2 Å². The number of aromatic nitrogens is 2. The molecule has 156 valence electrons. The van der Waals surface area contributed by atoms with Crippen molar-refractivity contribution < 1.29 is 18.0 Å². The lowest BCUT2D eigenvalue weighted by atomic mass is 10.2. The molecule has 0 saturated carbocycles. The first-order valence-electron chi connectivity index (χ1n) is 9.16. The number of benzene rings is 2. The van der Waals surface area contributed by atoms with E-state index in [-0.39, 0.29) is 17.8 Å². The monoisotopic (exact) mass is 436 g/mol. The highest BCUT2D eigenvalue weighted by Gasteiger charge is 2.33. The molecule has 2 heterocycles. The van der Waals surface area contributed by atoms with E-state index in [9.17, 15) is 22.8 Å². The molecule has 0 atom stereocenters. The second kappa shape index (κ2) is 7.64. The van der Waals surface area contributed by atoms with Gasteiger partial charge in [0, 0.05) is 24.3 Å². The second-order valence-electron chi connectivity index (χ2n) is 6.91. The van der Waals surface area contributed by atoms with E-state index >= 15 is 0 Å². The van der Waals surface area contributed by atoms with Gasteiger partial charge in [-0.1, -0.05) is 11.6 Å². The largest absolute Gasteiger partial charge is 0.417 e. The van der Waals surface area contributed by atoms with Crippen LogP contribution in [0.15, 0.2) is 41.2 Å². The van der Waals surface area contributed by atoms with Crippen LogP contribution >= 0.6 is 11.6 Å². The third-order valence-electron chi connectivity index (χ3n) is 4.82. The molecule has 6 nitrogen and oxygen atoms in total. The summed E-state index contributed by atoms with van der Waals surface area (Å²) in [5.74, 6) is 0.225. The van der Waals surface area contributed by atoms with Crippen molar-refractivity contribution in [2.45, 2.75) is 25.6 Å². The third-order valence-corrected chi connectivity index (χ3v) is 5.15. The van der Waals surface area contributed by atoms with E-state index in [1.54, 1.807) is 22.8 Å². The van der Waals surface area contributed by atoms with E-state index in [2.05, 4.69) is 15.6 Å². The van der Waals surface area contributed by atoms with E-state index < -0.39 is 22.7 Å². The minimum Gasteiger partial charge on any atom is -0.376 e. The molecule has 0 unspecified atom stereocenters. The van der Waals surface area contributed by atoms with Crippen LogP contribution in [0, 0.1) is 0 Å². The summed E-state index contributed by atoms with van der Waals surface area (Å²) in [6, 6.07) is 8.16. The third kappa shape index (κ3) is 3.97. The van der Waals surface area contributed by atoms with Gasteiger partial charge in [0.25, 0.3) is 5.56 Å². The number of carbonyl (C=O) groups is 1. The van der Waals surface area contributed by atoms with Gasteiger partial charge in [-0.25, -0.2) is 4.98 Å². The Balaban J connectivity index is 1.47. The van der Waals surface area contributed by atoms with Crippen LogP contribution in [-0.4, -0.2) is 22.0 Å². The van der Waals surface area contributed by atoms with Crippen molar-refractivity contribution in [3.8, 4) is 0 Å². The molecule has 2 N–H and O–H groups in total. The zero-order valence-corrected chi connectivity index (χ0v) is 16.3. The number of fused-ring (bicyclic) bond motifs is 2. The number of nitrogens with one attached hydrogen (secondary N) is 2. The molecule has 0 bridgehead atoms. The molecule has 30 heavy (non-hydrogen) atoms. The normalized spacial score (nSPS) is 13.3. The summed E-state index contributed by atoms with van der Waals surface area (Å²) in [6.07, 6.45) is -2.97. The Hall–Kier alpha value is -3.07. The Morgan fingerprint density at radius 1 is 1.17 bits per heavy atom. The van der Waals surface area contributed by atoms with Crippen LogP contribution in [0.5, 0.6) is 0 Å². The Labute approximate surface area is 173 Å². The molecule has 0 spiro atoms. The van der Waals surface area contributed by atoms with Crippen LogP contribution in [0.4, 0.5) is 24.5 Å². The van der Waals surface area contributed by atoms with Crippen molar-refractivity contribution in [1.29, 1.82) is 0 Å².